The summed E-state index contributed by atoms with van der Waals surface area (Å²) in [6.45, 7) is 1.63. The molecule has 2 aromatic rings. The Morgan fingerprint density at radius 1 is 1.33 bits per heavy atom. The van der Waals surface area contributed by atoms with E-state index in [-0.39, 0.29) is 18.9 Å². The lowest BCUT2D eigenvalue weighted by molar-refractivity contribution is -0.384. The molecule has 1 N–H and O–H groups in total. The number of benzene rings is 1. The normalized spacial score (nSPS) is 13.0. The number of thiophene rings is 1. The topological polar surface area (TPSA) is 120 Å². The number of fused-ring (bicyclic) bond motifs is 1. The Morgan fingerprint density at radius 3 is 2.90 bits per heavy atom. The summed E-state index contributed by atoms with van der Waals surface area (Å²) in [5, 5.41) is 17.6. The van der Waals surface area contributed by atoms with Gasteiger partial charge in [-0.1, -0.05) is 17.3 Å². The Labute approximate surface area is 176 Å². The maximum Gasteiger partial charge on any atom is 0.341 e. The van der Waals surface area contributed by atoms with Crippen LogP contribution >= 0.6 is 11.3 Å². The van der Waals surface area contributed by atoms with Crippen LogP contribution in [0.4, 0.5) is 10.7 Å². The summed E-state index contributed by atoms with van der Waals surface area (Å²) in [7, 11) is 0. The molecule has 0 fully saturated rings. The van der Waals surface area contributed by atoms with Gasteiger partial charge in [0, 0.05) is 22.6 Å². The maximum absolute atomic E-state index is 12.4. The summed E-state index contributed by atoms with van der Waals surface area (Å²) in [6.07, 6.45) is 5.01. The van der Waals surface area contributed by atoms with Crippen LogP contribution < -0.4 is 5.32 Å². The smallest absolute Gasteiger partial charge is 0.341 e. The van der Waals surface area contributed by atoms with Crippen LogP contribution in [-0.2, 0) is 27.2 Å². The number of rotatable bonds is 8. The van der Waals surface area contributed by atoms with Crippen LogP contribution in [0.5, 0.6) is 0 Å². The second-order valence-corrected chi connectivity index (χ2v) is 7.65. The summed E-state index contributed by atoms with van der Waals surface area (Å²) in [4.78, 5) is 41.0. The van der Waals surface area contributed by atoms with Gasteiger partial charge in [0.05, 0.1) is 23.3 Å². The van der Waals surface area contributed by atoms with Crippen LogP contribution in [-0.4, -0.2) is 36.2 Å². The van der Waals surface area contributed by atoms with Crippen LogP contribution in [0.15, 0.2) is 29.4 Å². The van der Waals surface area contributed by atoms with Gasteiger partial charge in [-0.15, -0.1) is 11.3 Å². The minimum absolute atomic E-state index is 0.0650. The molecular weight excluding hydrogens is 410 g/mol. The van der Waals surface area contributed by atoms with Crippen molar-refractivity contribution in [2.24, 2.45) is 5.16 Å². The van der Waals surface area contributed by atoms with Gasteiger partial charge >= 0.3 is 5.97 Å². The molecule has 1 heterocycles. The van der Waals surface area contributed by atoms with Gasteiger partial charge in [-0.05, 0) is 38.2 Å². The number of hydrogen-bond acceptors (Lipinski definition) is 8. The zero-order valence-electron chi connectivity index (χ0n) is 16.4. The molecule has 30 heavy (non-hydrogen) atoms. The van der Waals surface area contributed by atoms with Crippen molar-refractivity contribution in [1.82, 2.24) is 0 Å². The number of carbonyl (C=O) groups is 2. The number of nitrogens with zero attached hydrogens (tertiary/aromatic N) is 2. The van der Waals surface area contributed by atoms with Crippen molar-refractivity contribution in [2.45, 2.75) is 32.6 Å². The van der Waals surface area contributed by atoms with E-state index in [0.717, 1.165) is 36.1 Å². The molecule has 158 valence electrons. The second kappa shape index (κ2) is 9.97. The Hall–Kier alpha value is -3.27. The highest BCUT2D eigenvalue weighted by Crippen LogP contribution is 2.38. The average Bonchev–Trinajstić information content (AvgIpc) is 3.09. The van der Waals surface area contributed by atoms with E-state index in [2.05, 4.69) is 10.5 Å². The molecule has 1 aliphatic carbocycles. The lowest BCUT2D eigenvalue weighted by atomic mass is 9.95. The van der Waals surface area contributed by atoms with E-state index in [0.29, 0.717) is 16.1 Å². The second-order valence-electron chi connectivity index (χ2n) is 6.54. The summed E-state index contributed by atoms with van der Waals surface area (Å²) in [6, 6.07) is 5.87. The molecule has 0 unspecified atom stereocenters. The van der Waals surface area contributed by atoms with Gasteiger partial charge in [0.1, 0.15) is 5.00 Å². The van der Waals surface area contributed by atoms with Gasteiger partial charge in [0.25, 0.3) is 11.6 Å². The van der Waals surface area contributed by atoms with Crippen LogP contribution in [0.1, 0.15) is 46.1 Å². The molecule has 10 heteroatoms. The molecule has 0 spiro atoms. The zero-order valence-corrected chi connectivity index (χ0v) is 17.2. The number of ether oxygens (including phenoxy) is 1. The van der Waals surface area contributed by atoms with Gasteiger partial charge < -0.3 is 14.9 Å². The number of esters is 1. The third-order valence-electron chi connectivity index (χ3n) is 4.46. The molecule has 3 rings (SSSR count). The Kier molecular flexibility index (Phi) is 7.12. The number of oxime groups is 1. The molecule has 1 amide bonds. The first-order valence-electron chi connectivity index (χ1n) is 9.51. The van der Waals surface area contributed by atoms with Gasteiger partial charge in [0.2, 0.25) is 0 Å². The van der Waals surface area contributed by atoms with E-state index in [1.165, 1.54) is 35.8 Å². The van der Waals surface area contributed by atoms with Gasteiger partial charge in [-0.25, -0.2) is 4.79 Å². The number of hydrogen-bond donors (Lipinski definition) is 1. The predicted octanol–water partition coefficient (Wildman–Crippen LogP) is 3.70. The fraction of sp³-hybridized carbons (Fsp3) is 0.350. The fourth-order valence-corrected chi connectivity index (χ4v) is 4.44. The van der Waals surface area contributed by atoms with Crippen molar-refractivity contribution in [3.8, 4) is 0 Å². The summed E-state index contributed by atoms with van der Waals surface area (Å²) >= 11 is 1.39. The first kappa shape index (κ1) is 21.4. The number of anilines is 1. The first-order valence-corrected chi connectivity index (χ1v) is 10.3. The fourth-order valence-electron chi connectivity index (χ4n) is 3.15. The number of amides is 1. The predicted molar refractivity (Wildman–Crippen MR) is 112 cm³/mol. The lowest BCUT2D eigenvalue weighted by Gasteiger charge is -2.12. The Bertz CT molecular complexity index is 985. The van der Waals surface area contributed by atoms with Crippen molar-refractivity contribution in [3.05, 3.63) is 55.9 Å². The number of carbonyl (C=O) groups excluding carboxylic acids is 2. The molecule has 0 bridgehead atoms. The minimum atomic E-state index is -0.507. The van der Waals surface area contributed by atoms with Gasteiger partial charge in [0.15, 0.2) is 6.61 Å². The van der Waals surface area contributed by atoms with Crippen molar-refractivity contribution in [1.29, 1.82) is 0 Å². The zero-order chi connectivity index (χ0) is 21.5. The molecule has 1 aromatic carbocycles. The molecule has 9 nitrogen and oxygen atoms in total. The highest BCUT2D eigenvalue weighted by atomic mass is 32.1. The Morgan fingerprint density at radius 2 is 2.13 bits per heavy atom. The van der Waals surface area contributed by atoms with E-state index in [4.69, 9.17) is 9.57 Å². The number of nitrogens with one attached hydrogen (secondary N) is 1. The molecule has 0 atom stereocenters. The molecular formula is C20H21N3O6S. The van der Waals surface area contributed by atoms with E-state index >= 15 is 0 Å². The highest BCUT2D eigenvalue weighted by Gasteiger charge is 2.27. The van der Waals surface area contributed by atoms with Crippen molar-refractivity contribution in [3.63, 3.8) is 0 Å². The van der Waals surface area contributed by atoms with E-state index in [9.17, 15) is 19.7 Å². The number of nitro groups is 1. The summed E-state index contributed by atoms with van der Waals surface area (Å²) in [5.74, 6) is -0.896. The van der Waals surface area contributed by atoms with Crippen LogP contribution in [0.25, 0.3) is 0 Å². The third kappa shape index (κ3) is 5.20. The lowest BCUT2D eigenvalue weighted by Crippen LogP contribution is -2.19. The highest BCUT2D eigenvalue weighted by molar-refractivity contribution is 7.17. The maximum atomic E-state index is 12.4. The molecule has 1 aliphatic rings. The largest absolute Gasteiger partial charge is 0.462 e. The van der Waals surface area contributed by atoms with E-state index in [1.54, 1.807) is 13.0 Å². The molecule has 0 saturated heterocycles. The standard InChI is InChI=1S/C20H21N3O6S/c1-2-28-20(25)18-15-8-3-4-9-16(15)30-19(18)22-17(24)12-29-21-11-13-6-5-7-14(10-13)23(26)27/h5-7,10-11H,2-4,8-9,12H2,1H3,(H,22,24). The van der Waals surface area contributed by atoms with Crippen LogP contribution in [0.2, 0.25) is 0 Å². The Balaban J connectivity index is 1.62. The van der Waals surface area contributed by atoms with Crippen LogP contribution in [0.3, 0.4) is 0 Å². The average molecular weight is 431 g/mol. The molecule has 0 aliphatic heterocycles. The molecule has 0 radical (unpaired) electrons. The minimum Gasteiger partial charge on any atom is -0.462 e. The first-order chi connectivity index (χ1) is 14.5. The van der Waals surface area contributed by atoms with E-state index in [1.807, 2.05) is 0 Å². The van der Waals surface area contributed by atoms with Gasteiger partial charge in [-0.2, -0.15) is 0 Å². The third-order valence-corrected chi connectivity index (χ3v) is 5.66. The quantitative estimate of drug-likeness (QED) is 0.294. The number of non-ortho nitro benzene ring substituents is 1. The van der Waals surface area contributed by atoms with Crippen molar-refractivity contribution >= 4 is 40.1 Å². The number of aryl methyl sites for hydroxylation is 1. The number of nitro benzene ring substituents is 1. The molecule has 0 saturated carbocycles. The van der Waals surface area contributed by atoms with Crippen LogP contribution in [0, 0.1) is 10.1 Å². The summed E-state index contributed by atoms with van der Waals surface area (Å²) < 4.78 is 5.16. The van der Waals surface area contributed by atoms with Crippen molar-refractivity contribution in [2.75, 3.05) is 18.5 Å². The molecule has 1 aromatic heterocycles. The van der Waals surface area contributed by atoms with E-state index < -0.39 is 16.8 Å². The van der Waals surface area contributed by atoms with Gasteiger partial charge in [-0.3, -0.25) is 14.9 Å². The van der Waals surface area contributed by atoms with Crippen molar-refractivity contribution < 1.29 is 24.1 Å². The monoisotopic (exact) mass is 431 g/mol. The SMILES string of the molecule is CCOC(=O)c1c(NC(=O)CON=Cc2cccc([N+](=O)[O-])c2)sc2c1CCCC2. The summed E-state index contributed by atoms with van der Waals surface area (Å²) in [5.41, 5.74) is 1.81.